The number of hydrogen-bond acceptors (Lipinski definition) is 0. The van der Waals surface area contributed by atoms with Crippen molar-refractivity contribution in [3.63, 3.8) is 0 Å². The molecule has 1 heteroatoms. The molecule has 1 aromatic carbocycles. The molecule has 1 aliphatic carbocycles. The van der Waals surface area contributed by atoms with Crippen molar-refractivity contribution in [1.29, 1.82) is 0 Å². The summed E-state index contributed by atoms with van der Waals surface area (Å²) in [6, 6.07) is 6.88. The maximum atomic E-state index is 3.98. The molecular formula is C19H29Br. The summed E-state index contributed by atoms with van der Waals surface area (Å²) in [5.74, 6) is 1.67. The molecule has 0 aromatic heterocycles. The normalized spacial score (nSPS) is 27.6. The van der Waals surface area contributed by atoms with E-state index in [9.17, 15) is 0 Å². The number of hydrogen-bond donors (Lipinski definition) is 0. The third-order valence-corrected chi connectivity index (χ3v) is 6.20. The summed E-state index contributed by atoms with van der Waals surface area (Å²) in [6.45, 7) is 11.8. The summed E-state index contributed by atoms with van der Waals surface area (Å²) in [5.41, 5.74) is 4.73. The fraction of sp³-hybridized carbons (Fsp3) is 0.684. The van der Waals surface area contributed by atoms with E-state index >= 15 is 0 Å². The molecular weight excluding hydrogens is 308 g/mol. The standard InChI is InChI=1S/C19H29Br/c1-13-6-8-15(3)16(10-13)12-19(4,5)17-9-7-14(2)11-18(17)20/h6,8,10,14,17-18H,7,9,11-12H2,1-5H3. The highest BCUT2D eigenvalue weighted by Crippen LogP contribution is 2.45. The Morgan fingerprint density at radius 1 is 1.20 bits per heavy atom. The monoisotopic (exact) mass is 336 g/mol. The number of alkyl halides is 1. The average molecular weight is 337 g/mol. The molecule has 0 saturated heterocycles. The SMILES string of the molecule is Cc1ccc(C)c(CC(C)(C)C2CCC(C)CC2Br)c1. The van der Waals surface area contributed by atoms with Gasteiger partial charge in [-0.25, -0.2) is 0 Å². The van der Waals surface area contributed by atoms with Crippen LogP contribution >= 0.6 is 15.9 Å². The van der Waals surface area contributed by atoms with Gasteiger partial charge >= 0.3 is 0 Å². The Kier molecular flexibility index (Phi) is 5.00. The Balaban J connectivity index is 2.16. The van der Waals surface area contributed by atoms with Gasteiger partial charge in [0.2, 0.25) is 0 Å². The Morgan fingerprint density at radius 2 is 1.90 bits per heavy atom. The van der Waals surface area contributed by atoms with Gasteiger partial charge in [-0.15, -0.1) is 0 Å². The second kappa shape index (κ2) is 6.22. The predicted molar refractivity (Wildman–Crippen MR) is 92.6 cm³/mol. The van der Waals surface area contributed by atoms with Crippen LogP contribution < -0.4 is 0 Å². The van der Waals surface area contributed by atoms with Crippen LogP contribution in [0.15, 0.2) is 18.2 Å². The van der Waals surface area contributed by atoms with Gasteiger partial charge < -0.3 is 0 Å². The lowest BCUT2D eigenvalue weighted by Crippen LogP contribution is -2.37. The predicted octanol–water partition coefficient (Wildman–Crippen LogP) is 6.07. The van der Waals surface area contributed by atoms with E-state index in [1.165, 1.54) is 42.4 Å². The van der Waals surface area contributed by atoms with E-state index in [4.69, 9.17) is 0 Å². The van der Waals surface area contributed by atoms with Crippen LogP contribution in [0.3, 0.4) is 0 Å². The molecule has 20 heavy (non-hydrogen) atoms. The Morgan fingerprint density at radius 3 is 2.55 bits per heavy atom. The average Bonchev–Trinajstić information content (AvgIpc) is 2.33. The van der Waals surface area contributed by atoms with Gasteiger partial charge in [0.25, 0.3) is 0 Å². The molecule has 0 radical (unpaired) electrons. The van der Waals surface area contributed by atoms with Crippen molar-refractivity contribution in [2.75, 3.05) is 0 Å². The summed E-state index contributed by atoms with van der Waals surface area (Å²) in [4.78, 5) is 0.686. The molecule has 1 saturated carbocycles. The Hall–Kier alpha value is -0.300. The van der Waals surface area contributed by atoms with Crippen molar-refractivity contribution in [2.45, 2.75) is 65.1 Å². The third-order valence-electron chi connectivity index (χ3n) is 5.19. The van der Waals surface area contributed by atoms with E-state index < -0.39 is 0 Å². The first-order valence-electron chi connectivity index (χ1n) is 8.00. The van der Waals surface area contributed by atoms with Crippen LogP contribution in [0.25, 0.3) is 0 Å². The number of halogens is 1. The van der Waals surface area contributed by atoms with Crippen molar-refractivity contribution in [3.8, 4) is 0 Å². The van der Waals surface area contributed by atoms with Gasteiger partial charge in [-0.2, -0.15) is 0 Å². The molecule has 0 heterocycles. The second-order valence-electron chi connectivity index (χ2n) is 7.64. The first kappa shape index (κ1) is 16.1. The molecule has 0 bridgehead atoms. The zero-order valence-electron chi connectivity index (χ0n) is 13.7. The topological polar surface area (TPSA) is 0 Å². The van der Waals surface area contributed by atoms with Crippen molar-refractivity contribution in [3.05, 3.63) is 34.9 Å². The first-order valence-corrected chi connectivity index (χ1v) is 8.91. The molecule has 1 fully saturated rings. The van der Waals surface area contributed by atoms with Crippen molar-refractivity contribution in [2.24, 2.45) is 17.3 Å². The summed E-state index contributed by atoms with van der Waals surface area (Å²) in [6.07, 6.45) is 5.29. The minimum Gasteiger partial charge on any atom is -0.0887 e. The first-order chi connectivity index (χ1) is 9.29. The number of rotatable bonds is 3. The number of aryl methyl sites for hydroxylation is 2. The largest absolute Gasteiger partial charge is 0.0887 e. The van der Waals surface area contributed by atoms with Gasteiger partial charge in [0.05, 0.1) is 0 Å². The third kappa shape index (κ3) is 3.67. The van der Waals surface area contributed by atoms with Crippen LogP contribution in [-0.2, 0) is 6.42 Å². The van der Waals surface area contributed by atoms with Gasteiger partial charge in [-0.05, 0) is 61.5 Å². The lowest BCUT2D eigenvalue weighted by Gasteiger charge is -2.42. The van der Waals surface area contributed by atoms with E-state index in [2.05, 4.69) is 68.7 Å². The fourth-order valence-electron chi connectivity index (χ4n) is 3.80. The van der Waals surface area contributed by atoms with Gasteiger partial charge in [-0.3, -0.25) is 0 Å². The fourth-order valence-corrected chi connectivity index (χ4v) is 5.42. The Labute approximate surface area is 133 Å². The molecule has 0 aliphatic heterocycles. The highest BCUT2D eigenvalue weighted by atomic mass is 79.9. The Bertz CT molecular complexity index is 461. The van der Waals surface area contributed by atoms with E-state index in [0.717, 1.165) is 11.8 Å². The van der Waals surface area contributed by atoms with Gasteiger partial charge in [0, 0.05) is 4.83 Å². The van der Waals surface area contributed by atoms with Crippen molar-refractivity contribution < 1.29 is 0 Å². The molecule has 1 aromatic rings. The molecule has 0 spiro atoms. The van der Waals surface area contributed by atoms with Crippen LogP contribution in [0.2, 0.25) is 0 Å². The van der Waals surface area contributed by atoms with Crippen LogP contribution in [0, 0.1) is 31.1 Å². The zero-order valence-corrected chi connectivity index (χ0v) is 15.3. The molecule has 112 valence electrons. The molecule has 1 aliphatic rings. The lowest BCUT2D eigenvalue weighted by atomic mass is 9.66. The maximum absolute atomic E-state index is 3.98. The van der Waals surface area contributed by atoms with Crippen LogP contribution in [0.5, 0.6) is 0 Å². The molecule has 0 amide bonds. The molecule has 2 rings (SSSR count). The van der Waals surface area contributed by atoms with E-state index in [1.807, 2.05) is 0 Å². The minimum atomic E-state index is 0.368. The molecule has 3 atom stereocenters. The van der Waals surface area contributed by atoms with E-state index in [0.29, 0.717) is 10.2 Å². The van der Waals surface area contributed by atoms with Crippen LogP contribution in [-0.4, -0.2) is 4.83 Å². The molecule has 3 unspecified atom stereocenters. The highest BCUT2D eigenvalue weighted by Gasteiger charge is 2.37. The van der Waals surface area contributed by atoms with Crippen LogP contribution in [0.4, 0.5) is 0 Å². The van der Waals surface area contributed by atoms with Gasteiger partial charge in [-0.1, -0.05) is 66.9 Å². The van der Waals surface area contributed by atoms with Crippen molar-refractivity contribution in [1.82, 2.24) is 0 Å². The van der Waals surface area contributed by atoms with E-state index in [1.54, 1.807) is 0 Å². The van der Waals surface area contributed by atoms with Gasteiger partial charge in [0.1, 0.15) is 0 Å². The maximum Gasteiger partial charge on any atom is 0.0181 e. The summed E-state index contributed by atoms with van der Waals surface area (Å²) in [7, 11) is 0. The van der Waals surface area contributed by atoms with E-state index in [-0.39, 0.29) is 0 Å². The summed E-state index contributed by atoms with van der Waals surface area (Å²) >= 11 is 3.98. The van der Waals surface area contributed by atoms with Gasteiger partial charge in [0.15, 0.2) is 0 Å². The molecule has 0 nitrogen and oxygen atoms in total. The quantitative estimate of drug-likeness (QED) is 0.587. The van der Waals surface area contributed by atoms with Crippen LogP contribution in [0.1, 0.15) is 56.7 Å². The smallest absolute Gasteiger partial charge is 0.0181 e. The molecule has 0 N–H and O–H groups in total. The summed E-state index contributed by atoms with van der Waals surface area (Å²) < 4.78 is 0. The highest BCUT2D eigenvalue weighted by molar-refractivity contribution is 9.09. The minimum absolute atomic E-state index is 0.368. The zero-order chi connectivity index (χ0) is 14.9. The lowest BCUT2D eigenvalue weighted by molar-refractivity contribution is 0.146. The summed E-state index contributed by atoms with van der Waals surface area (Å²) in [5, 5.41) is 0. The van der Waals surface area contributed by atoms with Crippen molar-refractivity contribution >= 4 is 15.9 Å². The number of benzene rings is 1. The second-order valence-corrected chi connectivity index (χ2v) is 8.81.